The number of aliphatic hydroxyl groups is 1. The van der Waals surface area contributed by atoms with Crippen molar-refractivity contribution >= 4 is 5.91 Å². The predicted molar refractivity (Wildman–Crippen MR) is 61.5 cm³/mol. The van der Waals surface area contributed by atoms with E-state index < -0.39 is 24.9 Å². The minimum atomic E-state index is -4.19. The second-order valence-electron chi connectivity index (χ2n) is 5.07. The number of rotatable bonds is 2. The van der Waals surface area contributed by atoms with Crippen LogP contribution >= 0.6 is 0 Å². The lowest BCUT2D eigenvalue weighted by atomic mass is 10.1. The Bertz CT molecular complexity index is 330. The molecule has 2 N–H and O–H groups in total. The maximum atomic E-state index is 12.2. The first-order valence-corrected chi connectivity index (χ1v) is 6.34. The number of carbonyl (C=O) groups excluding carboxylic acids is 1. The summed E-state index contributed by atoms with van der Waals surface area (Å²) in [5, 5.41) is 12.3. The van der Waals surface area contributed by atoms with Gasteiger partial charge in [-0.25, -0.2) is 0 Å². The van der Waals surface area contributed by atoms with Crippen molar-refractivity contribution < 1.29 is 23.1 Å². The minimum Gasteiger partial charge on any atom is -0.392 e. The first kappa shape index (κ1) is 14.5. The summed E-state index contributed by atoms with van der Waals surface area (Å²) in [6, 6.07) is -0.399. The summed E-state index contributed by atoms with van der Waals surface area (Å²) in [6.45, 7) is 0.563. The van der Waals surface area contributed by atoms with Gasteiger partial charge in [0.1, 0.15) is 0 Å². The molecule has 0 aromatic carbocycles. The molecule has 8 heteroatoms. The van der Waals surface area contributed by atoms with Gasteiger partial charge < -0.3 is 15.3 Å². The molecule has 0 spiro atoms. The van der Waals surface area contributed by atoms with Gasteiger partial charge in [-0.3, -0.25) is 9.69 Å². The zero-order chi connectivity index (χ0) is 14.0. The van der Waals surface area contributed by atoms with Crippen molar-refractivity contribution in [1.29, 1.82) is 0 Å². The molecule has 5 nitrogen and oxygen atoms in total. The molecular formula is C11H18F3N3O2. The van der Waals surface area contributed by atoms with E-state index in [1.54, 1.807) is 4.90 Å². The van der Waals surface area contributed by atoms with E-state index in [0.717, 1.165) is 0 Å². The molecule has 0 aliphatic carbocycles. The number of hydrogen-bond donors (Lipinski definition) is 2. The fourth-order valence-electron chi connectivity index (χ4n) is 2.51. The molecule has 0 radical (unpaired) electrons. The van der Waals surface area contributed by atoms with Gasteiger partial charge in [-0.1, -0.05) is 0 Å². The number of halogens is 3. The number of alkyl halides is 3. The van der Waals surface area contributed by atoms with Crippen LogP contribution < -0.4 is 5.32 Å². The lowest BCUT2D eigenvalue weighted by Crippen LogP contribution is -2.54. The maximum absolute atomic E-state index is 12.2. The second kappa shape index (κ2) is 5.64. The monoisotopic (exact) mass is 281 g/mol. The number of aliphatic hydroxyl groups excluding tert-OH is 1. The smallest absolute Gasteiger partial charge is 0.392 e. The Hall–Kier alpha value is -0.860. The molecule has 2 rings (SSSR count). The average molecular weight is 281 g/mol. The topological polar surface area (TPSA) is 55.8 Å². The zero-order valence-electron chi connectivity index (χ0n) is 10.5. The number of amides is 1. The van der Waals surface area contributed by atoms with Gasteiger partial charge in [-0.05, 0) is 6.42 Å². The summed E-state index contributed by atoms with van der Waals surface area (Å²) in [4.78, 5) is 14.9. The fourth-order valence-corrected chi connectivity index (χ4v) is 2.51. The Morgan fingerprint density at radius 1 is 1.26 bits per heavy atom. The van der Waals surface area contributed by atoms with E-state index in [2.05, 4.69) is 5.32 Å². The number of nitrogens with zero attached hydrogens (tertiary/aromatic N) is 2. The van der Waals surface area contributed by atoms with Crippen LogP contribution in [0.4, 0.5) is 13.2 Å². The lowest BCUT2D eigenvalue weighted by Gasteiger charge is -2.36. The van der Waals surface area contributed by atoms with Crippen molar-refractivity contribution in [2.75, 3.05) is 39.3 Å². The fraction of sp³-hybridized carbons (Fsp3) is 0.909. The van der Waals surface area contributed by atoms with Crippen LogP contribution in [-0.2, 0) is 4.79 Å². The summed E-state index contributed by atoms with van der Waals surface area (Å²) in [5.41, 5.74) is 0. The van der Waals surface area contributed by atoms with E-state index in [0.29, 0.717) is 26.1 Å². The highest BCUT2D eigenvalue weighted by Gasteiger charge is 2.35. The maximum Gasteiger partial charge on any atom is 0.401 e. The van der Waals surface area contributed by atoms with Crippen LogP contribution in [0.1, 0.15) is 6.42 Å². The van der Waals surface area contributed by atoms with E-state index in [1.165, 1.54) is 4.90 Å². The van der Waals surface area contributed by atoms with Crippen molar-refractivity contribution in [2.24, 2.45) is 0 Å². The first-order chi connectivity index (χ1) is 8.85. The van der Waals surface area contributed by atoms with Crippen LogP contribution in [0.25, 0.3) is 0 Å². The molecule has 0 saturated carbocycles. The van der Waals surface area contributed by atoms with Gasteiger partial charge >= 0.3 is 6.18 Å². The molecule has 2 heterocycles. The van der Waals surface area contributed by atoms with Crippen LogP contribution in [0, 0.1) is 0 Å². The molecule has 0 bridgehead atoms. The summed E-state index contributed by atoms with van der Waals surface area (Å²) in [6.07, 6.45) is -4.33. The Labute approximate surface area is 109 Å². The third-order valence-electron chi connectivity index (χ3n) is 3.49. The summed E-state index contributed by atoms with van der Waals surface area (Å²) in [5.74, 6) is -0.122. The summed E-state index contributed by atoms with van der Waals surface area (Å²) < 4.78 is 36.7. The van der Waals surface area contributed by atoms with Crippen LogP contribution in [-0.4, -0.2) is 78.4 Å². The largest absolute Gasteiger partial charge is 0.401 e. The lowest BCUT2D eigenvalue weighted by molar-refractivity contribution is -0.152. The van der Waals surface area contributed by atoms with Gasteiger partial charge in [0.2, 0.25) is 5.91 Å². The molecule has 0 aromatic rings. The third-order valence-corrected chi connectivity index (χ3v) is 3.49. The number of nitrogens with one attached hydrogen (secondary N) is 1. The normalized spacial score (nSPS) is 29.8. The Balaban J connectivity index is 1.78. The van der Waals surface area contributed by atoms with Crippen molar-refractivity contribution in [3.63, 3.8) is 0 Å². The number of hydrogen-bond acceptors (Lipinski definition) is 4. The summed E-state index contributed by atoms with van der Waals surface area (Å²) >= 11 is 0. The molecule has 2 aliphatic rings. The molecule has 19 heavy (non-hydrogen) atoms. The molecule has 2 unspecified atom stereocenters. The Morgan fingerprint density at radius 3 is 2.37 bits per heavy atom. The molecule has 2 saturated heterocycles. The van der Waals surface area contributed by atoms with Gasteiger partial charge in [0, 0.05) is 32.7 Å². The summed E-state index contributed by atoms with van der Waals surface area (Å²) in [7, 11) is 0. The van der Waals surface area contributed by atoms with Crippen molar-refractivity contribution in [2.45, 2.75) is 24.7 Å². The van der Waals surface area contributed by atoms with Crippen molar-refractivity contribution in [1.82, 2.24) is 15.1 Å². The van der Waals surface area contributed by atoms with E-state index in [9.17, 15) is 23.1 Å². The van der Waals surface area contributed by atoms with Crippen molar-refractivity contribution in [3.8, 4) is 0 Å². The van der Waals surface area contributed by atoms with E-state index in [1.807, 2.05) is 0 Å². The van der Waals surface area contributed by atoms with Crippen LogP contribution in [0.3, 0.4) is 0 Å². The third kappa shape index (κ3) is 4.05. The van der Waals surface area contributed by atoms with Gasteiger partial charge in [0.15, 0.2) is 0 Å². The van der Waals surface area contributed by atoms with E-state index in [4.69, 9.17) is 0 Å². The Kier molecular flexibility index (Phi) is 4.32. The highest BCUT2D eigenvalue weighted by Crippen LogP contribution is 2.18. The first-order valence-electron chi connectivity index (χ1n) is 6.34. The van der Waals surface area contributed by atoms with Gasteiger partial charge in [-0.15, -0.1) is 0 Å². The SMILES string of the molecule is O=C(C1CC(O)CN1)N1CCN(CC(F)(F)F)CC1. The average Bonchev–Trinajstić information content (AvgIpc) is 2.74. The molecule has 1 amide bonds. The van der Waals surface area contributed by atoms with Gasteiger partial charge in [-0.2, -0.15) is 13.2 Å². The van der Waals surface area contributed by atoms with Crippen LogP contribution in [0.2, 0.25) is 0 Å². The molecule has 2 fully saturated rings. The highest BCUT2D eigenvalue weighted by molar-refractivity contribution is 5.82. The molecule has 2 aliphatic heterocycles. The van der Waals surface area contributed by atoms with Crippen molar-refractivity contribution in [3.05, 3.63) is 0 Å². The van der Waals surface area contributed by atoms with Gasteiger partial charge in [0.25, 0.3) is 0 Å². The molecule has 2 atom stereocenters. The van der Waals surface area contributed by atoms with Crippen LogP contribution in [0.5, 0.6) is 0 Å². The zero-order valence-corrected chi connectivity index (χ0v) is 10.5. The highest BCUT2D eigenvalue weighted by atomic mass is 19.4. The second-order valence-corrected chi connectivity index (χ2v) is 5.07. The Morgan fingerprint density at radius 2 is 1.89 bits per heavy atom. The molecule has 110 valence electrons. The molecule has 0 aromatic heterocycles. The quantitative estimate of drug-likeness (QED) is 0.711. The van der Waals surface area contributed by atoms with Crippen LogP contribution in [0.15, 0.2) is 0 Å². The number of piperazine rings is 1. The predicted octanol–water partition coefficient (Wildman–Crippen LogP) is -0.584. The standard InChI is InChI=1S/C11H18F3N3O2/c12-11(13,14)7-16-1-3-17(4-2-16)10(19)9-5-8(18)6-15-9/h8-9,15,18H,1-7H2. The van der Waals surface area contributed by atoms with Gasteiger partial charge in [0.05, 0.1) is 18.7 Å². The van der Waals surface area contributed by atoms with E-state index in [-0.39, 0.29) is 19.0 Å². The minimum absolute atomic E-state index is 0.122. The number of β-amino-alcohol motifs (C(OH)–C–C–N with tert-alkyl or cyclic N) is 1. The molecular weight excluding hydrogens is 263 g/mol. The number of carbonyl (C=O) groups is 1. The van der Waals surface area contributed by atoms with E-state index >= 15 is 0 Å².